The molecule has 0 aromatic carbocycles. The van der Waals surface area contributed by atoms with Gasteiger partial charge in [-0.3, -0.25) is 0 Å². The molecule has 0 aliphatic carbocycles. The third kappa shape index (κ3) is 17.5. The van der Waals surface area contributed by atoms with Crippen LogP contribution >= 0.6 is 0 Å². The topological polar surface area (TPSA) is 184 Å². The second-order valence-corrected chi connectivity index (χ2v) is 3.71. The molecule has 0 aliphatic heterocycles. The molecule has 0 saturated heterocycles. The van der Waals surface area contributed by atoms with Gasteiger partial charge in [-0.2, -0.15) is 0 Å². The Bertz CT molecular complexity index is 220. The SMILES string of the molecule is NCCC[C@H](N)C(=O)[O-].NCCC[C@H](N)C(=O)[O-].[Mg+2]. The van der Waals surface area contributed by atoms with Gasteiger partial charge in [0.25, 0.3) is 0 Å². The van der Waals surface area contributed by atoms with E-state index in [1.165, 1.54) is 0 Å². The van der Waals surface area contributed by atoms with Crippen LogP contribution in [0.3, 0.4) is 0 Å². The molecule has 0 saturated carbocycles. The second kappa shape index (κ2) is 15.6. The van der Waals surface area contributed by atoms with Crippen LogP contribution in [0.4, 0.5) is 0 Å². The summed E-state index contributed by atoms with van der Waals surface area (Å²) in [5.74, 6) is -2.41. The van der Waals surface area contributed by atoms with Crippen molar-refractivity contribution in [2.45, 2.75) is 37.8 Å². The normalized spacial score (nSPS) is 12.4. The first-order valence-corrected chi connectivity index (χ1v) is 5.69. The van der Waals surface area contributed by atoms with Gasteiger partial charge in [0.15, 0.2) is 0 Å². The molecule has 0 heterocycles. The quantitative estimate of drug-likeness (QED) is 0.320. The molecule has 0 aliphatic rings. The summed E-state index contributed by atoms with van der Waals surface area (Å²) in [6, 6.07) is -1.71. The van der Waals surface area contributed by atoms with Crippen LogP contribution in [0.1, 0.15) is 25.7 Å². The van der Waals surface area contributed by atoms with Crippen molar-refractivity contribution >= 4 is 35.0 Å². The molecule has 0 bridgehead atoms. The van der Waals surface area contributed by atoms with Crippen LogP contribution in [-0.2, 0) is 9.59 Å². The predicted molar refractivity (Wildman–Crippen MR) is 68.3 cm³/mol. The summed E-state index contributed by atoms with van der Waals surface area (Å²) in [4.78, 5) is 19.9. The molecule has 8 nitrogen and oxygen atoms in total. The molecular formula is C10H22MgN4O4. The number of carbonyl (C=O) groups is 2. The molecule has 0 aromatic heterocycles. The number of nitrogens with two attached hydrogens (primary N) is 4. The van der Waals surface area contributed by atoms with Gasteiger partial charge < -0.3 is 42.7 Å². The molecule has 0 amide bonds. The second-order valence-electron chi connectivity index (χ2n) is 3.71. The van der Waals surface area contributed by atoms with E-state index in [0.717, 1.165) is 0 Å². The fourth-order valence-electron chi connectivity index (χ4n) is 0.911. The van der Waals surface area contributed by atoms with Gasteiger partial charge in [0.2, 0.25) is 0 Å². The molecule has 0 fully saturated rings. The Morgan fingerprint density at radius 3 is 1.26 bits per heavy atom. The largest absolute Gasteiger partial charge is 2.00 e. The maximum atomic E-state index is 9.93. The fourth-order valence-corrected chi connectivity index (χ4v) is 0.911. The van der Waals surface area contributed by atoms with E-state index in [-0.39, 0.29) is 23.1 Å². The number of rotatable bonds is 8. The van der Waals surface area contributed by atoms with E-state index in [1.54, 1.807) is 0 Å². The molecule has 0 aromatic rings. The molecule has 9 heteroatoms. The third-order valence-corrected chi connectivity index (χ3v) is 2.04. The number of aliphatic carboxylic acids is 2. The molecule has 19 heavy (non-hydrogen) atoms. The average Bonchev–Trinajstić information content (AvgIpc) is 2.33. The molecule has 0 unspecified atom stereocenters. The number of carbonyl (C=O) groups excluding carboxylic acids is 2. The van der Waals surface area contributed by atoms with E-state index >= 15 is 0 Å². The summed E-state index contributed by atoms with van der Waals surface area (Å²) < 4.78 is 0. The molecule has 2 atom stereocenters. The first-order valence-electron chi connectivity index (χ1n) is 5.69. The summed E-state index contributed by atoms with van der Waals surface area (Å²) in [6.07, 6.45) is 2.07. The Hall–Kier alpha value is -0.454. The Kier molecular flexibility index (Phi) is 19.4. The number of hydrogen-bond acceptors (Lipinski definition) is 8. The maximum absolute atomic E-state index is 9.93. The molecule has 0 spiro atoms. The Balaban J connectivity index is -0.000000256. The predicted octanol–water partition coefficient (Wildman–Crippen LogP) is -4.78. The van der Waals surface area contributed by atoms with Crippen LogP contribution in [0.5, 0.6) is 0 Å². The van der Waals surface area contributed by atoms with Gasteiger partial charge in [-0.25, -0.2) is 0 Å². The Morgan fingerprint density at radius 1 is 0.842 bits per heavy atom. The van der Waals surface area contributed by atoms with E-state index in [2.05, 4.69) is 0 Å². The smallest absolute Gasteiger partial charge is 0.548 e. The summed E-state index contributed by atoms with van der Waals surface area (Å²) in [5, 5.41) is 19.9. The molecule has 108 valence electrons. The van der Waals surface area contributed by atoms with E-state index in [9.17, 15) is 19.8 Å². The van der Waals surface area contributed by atoms with Crippen molar-refractivity contribution in [1.82, 2.24) is 0 Å². The van der Waals surface area contributed by atoms with E-state index < -0.39 is 24.0 Å². The van der Waals surface area contributed by atoms with Crippen LogP contribution in [0, 0.1) is 0 Å². The Labute approximate surface area is 129 Å². The summed E-state index contributed by atoms with van der Waals surface area (Å²) >= 11 is 0. The summed E-state index contributed by atoms with van der Waals surface area (Å²) in [5.41, 5.74) is 20.4. The van der Waals surface area contributed by atoms with Crippen LogP contribution in [0.2, 0.25) is 0 Å². The van der Waals surface area contributed by atoms with Crippen molar-refractivity contribution in [2.24, 2.45) is 22.9 Å². The van der Waals surface area contributed by atoms with E-state index in [0.29, 0.717) is 38.8 Å². The number of carboxylic acids is 2. The number of carboxylic acid groups (broad SMARTS) is 2. The zero-order valence-corrected chi connectivity index (χ0v) is 12.5. The van der Waals surface area contributed by atoms with Crippen molar-refractivity contribution in [3.05, 3.63) is 0 Å². The van der Waals surface area contributed by atoms with Gasteiger partial charge in [-0.1, -0.05) is 0 Å². The van der Waals surface area contributed by atoms with Crippen molar-refractivity contribution < 1.29 is 19.8 Å². The van der Waals surface area contributed by atoms with Crippen molar-refractivity contribution in [3.8, 4) is 0 Å². The average molecular weight is 287 g/mol. The zero-order chi connectivity index (χ0) is 14.6. The zero-order valence-electron chi connectivity index (χ0n) is 11.0. The van der Waals surface area contributed by atoms with Crippen LogP contribution in [0.25, 0.3) is 0 Å². The first-order chi connectivity index (χ1) is 8.36. The van der Waals surface area contributed by atoms with Gasteiger partial charge in [-0.05, 0) is 38.8 Å². The van der Waals surface area contributed by atoms with Gasteiger partial charge in [0.05, 0.1) is 11.9 Å². The summed E-state index contributed by atoms with van der Waals surface area (Å²) in [6.45, 7) is 0.946. The molecular weight excluding hydrogens is 264 g/mol. The van der Waals surface area contributed by atoms with Crippen LogP contribution in [-0.4, -0.2) is 60.2 Å². The Morgan fingerprint density at radius 2 is 1.11 bits per heavy atom. The van der Waals surface area contributed by atoms with Crippen molar-refractivity contribution in [3.63, 3.8) is 0 Å². The van der Waals surface area contributed by atoms with Gasteiger partial charge >= 0.3 is 23.1 Å². The van der Waals surface area contributed by atoms with E-state index in [4.69, 9.17) is 22.9 Å². The van der Waals surface area contributed by atoms with Crippen molar-refractivity contribution in [1.29, 1.82) is 0 Å². The third-order valence-electron chi connectivity index (χ3n) is 2.04. The molecule has 0 radical (unpaired) electrons. The van der Waals surface area contributed by atoms with Gasteiger partial charge in [0.1, 0.15) is 0 Å². The van der Waals surface area contributed by atoms with Crippen molar-refractivity contribution in [2.75, 3.05) is 13.1 Å². The van der Waals surface area contributed by atoms with Gasteiger partial charge in [-0.15, -0.1) is 0 Å². The van der Waals surface area contributed by atoms with E-state index in [1.807, 2.05) is 0 Å². The molecule has 8 N–H and O–H groups in total. The summed E-state index contributed by atoms with van der Waals surface area (Å²) in [7, 11) is 0. The molecule has 0 rings (SSSR count). The minimum atomic E-state index is -1.21. The number of hydrogen-bond donors (Lipinski definition) is 4. The monoisotopic (exact) mass is 286 g/mol. The first kappa shape index (κ1) is 23.6. The minimum absolute atomic E-state index is 0. The maximum Gasteiger partial charge on any atom is 2.00 e. The van der Waals surface area contributed by atoms with Crippen LogP contribution < -0.4 is 33.1 Å². The van der Waals surface area contributed by atoms with Gasteiger partial charge in [0, 0.05) is 12.1 Å². The minimum Gasteiger partial charge on any atom is -0.548 e. The van der Waals surface area contributed by atoms with Crippen LogP contribution in [0.15, 0.2) is 0 Å². The standard InChI is InChI=1S/2C5H12N2O2.Mg/c2*6-3-1-2-4(7)5(8)9;/h2*4H,1-3,6-7H2,(H,8,9);/q;;+2/p-2/t2*4-;/m00./s1. The fraction of sp³-hybridized carbons (Fsp3) is 0.800.